The Balaban J connectivity index is 0. The molecule has 0 aromatic rings. The van der Waals surface area contributed by atoms with Crippen molar-refractivity contribution in [3.05, 3.63) is 12.5 Å². The Morgan fingerprint density at radius 2 is 2.20 bits per heavy atom. The molecule has 1 amide bonds. The van der Waals surface area contributed by atoms with Crippen molar-refractivity contribution >= 4 is 30.9 Å². The van der Waals surface area contributed by atoms with Crippen LogP contribution in [0.25, 0.3) is 0 Å². The molecule has 0 atom stereocenters. The van der Waals surface area contributed by atoms with Gasteiger partial charge in [-0.05, 0) is 0 Å². The summed E-state index contributed by atoms with van der Waals surface area (Å²) in [4.78, 5) is 11.0. The molecule has 0 aromatic heterocycles. The summed E-state index contributed by atoms with van der Waals surface area (Å²) in [6.07, 6.45) is 1.72. The van der Waals surface area contributed by atoms with Crippen molar-refractivity contribution in [1.29, 1.82) is 0 Å². The quantitative estimate of drug-likeness (QED) is 0.622. The number of amides is 1. The average molecular weight is 188 g/mol. The van der Waals surface area contributed by atoms with Gasteiger partial charge in [0.2, 0.25) is 0 Å². The van der Waals surface area contributed by atoms with Crippen molar-refractivity contribution in [2.45, 2.75) is 0 Å². The normalized spacial score (nSPS) is 13.0. The van der Waals surface area contributed by atoms with Crippen LogP contribution in [0.1, 0.15) is 0 Å². The molecule has 0 saturated heterocycles. The summed E-state index contributed by atoms with van der Waals surface area (Å²) in [5.41, 5.74) is 0. The highest BCUT2D eigenvalue weighted by molar-refractivity contribution is 5.85. The van der Waals surface area contributed by atoms with Crippen LogP contribution < -0.4 is 0 Å². The molecule has 6 heteroatoms. The fourth-order valence-electron chi connectivity index (χ4n) is 0.402. The number of hydrogen-bond donors (Lipinski definition) is 1. The maximum absolute atomic E-state index is 10.00. The van der Waals surface area contributed by atoms with Gasteiger partial charge in [-0.3, -0.25) is 0 Å². The highest BCUT2D eigenvalue weighted by atomic mass is 35.5. The Bertz CT molecular complexity index is 138. The van der Waals surface area contributed by atoms with E-state index in [1.807, 2.05) is 0 Å². The van der Waals surface area contributed by atoms with Gasteiger partial charge >= 0.3 is 6.09 Å². The lowest BCUT2D eigenvalue weighted by Crippen LogP contribution is -2.21. The van der Waals surface area contributed by atoms with Crippen LogP contribution in [-0.4, -0.2) is 22.8 Å². The van der Waals surface area contributed by atoms with Gasteiger partial charge in [-0.1, -0.05) is 0 Å². The van der Waals surface area contributed by atoms with Crippen LogP contribution in [0.3, 0.4) is 0 Å². The number of hydrogen-bond acceptors (Lipinski definition) is 2. The monoisotopic (exact) mass is 187 g/mol. The molecule has 1 rings (SSSR count). The minimum absolute atomic E-state index is 0. The molecule has 0 bridgehead atoms. The molecule has 1 N–H and O–H groups in total. The fourth-order valence-corrected chi connectivity index (χ4v) is 0.402. The van der Waals surface area contributed by atoms with Crippen LogP contribution in [0.5, 0.6) is 0 Å². The van der Waals surface area contributed by atoms with E-state index in [0.29, 0.717) is 0 Å². The van der Waals surface area contributed by atoms with Gasteiger partial charge in [0.25, 0.3) is 0 Å². The van der Waals surface area contributed by atoms with Crippen molar-refractivity contribution in [3.8, 4) is 0 Å². The summed E-state index contributed by atoms with van der Waals surface area (Å²) < 4.78 is 4.58. The number of carboxylic acid groups (broad SMARTS) is 1. The van der Waals surface area contributed by atoms with Crippen LogP contribution in [-0.2, 0) is 4.74 Å². The van der Waals surface area contributed by atoms with Gasteiger partial charge in [0.1, 0.15) is 6.26 Å². The minimum atomic E-state index is -0.987. The zero-order chi connectivity index (χ0) is 5.98. The topological polar surface area (TPSA) is 49.8 Å². The van der Waals surface area contributed by atoms with Crippen LogP contribution >= 0.6 is 24.8 Å². The Hall–Kier alpha value is -0.610. The zero-order valence-electron chi connectivity index (χ0n) is 4.89. The first-order valence-electron chi connectivity index (χ1n) is 2.08. The molecule has 0 radical (unpaired) electrons. The first kappa shape index (κ1) is 12.1. The molecule has 4 nitrogen and oxygen atoms in total. The molecule has 1 aliphatic rings. The van der Waals surface area contributed by atoms with Gasteiger partial charge in [0.15, 0.2) is 6.73 Å². The van der Waals surface area contributed by atoms with E-state index in [9.17, 15) is 4.79 Å². The van der Waals surface area contributed by atoms with Gasteiger partial charge in [0.05, 0.1) is 0 Å². The molecule has 60 valence electrons. The maximum atomic E-state index is 10.00. The van der Waals surface area contributed by atoms with Crippen LogP contribution in [0, 0.1) is 0 Å². The third-order valence-electron chi connectivity index (χ3n) is 0.796. The predicted molar refractivity (Wildman–Crippen MR) is 39.5 cm³/mol. The van der Waals surface area contributed by atoms with E-state index < -0.39 is 6.09 Å². The Morgan fingerprint density at radius 1 is 1.60 bits per heavy atom. The summed E-state index contributed by atoms with van der Waals surface area (Å²) in [5.74, 6) is 0. The number of halogens is 2. The molecule has 0 aliphatic carbocycles. The lowest BCUT2D eigenvalue weighted by molar-refractivity contribution is 0.128. The van der Waals surface area contributed by atoms with Gasteiger partial charge in [-0.2, -0.15) is 0 Å². The molecule has 1 heterocycles. The van der Waals surface area contributed by atoms with Gasteiger partial charge in [0, 0.05) is 6.20 Å². The molecular formula is C4H7Cl2NO3. The molecule has 0 aromatic carbocycles. The Kier molecular flexibility index (Phi) is 6.29. The summed E-state index contributed by atoms with van der Waals surface area (Å²) in [6, 6.07) is 0. The van der Waals surface area contributed by atoms with E-state index in [4.69, 9.17) is 5.11 Å². The van der Waals surface area contributed by atoms with E-state index in [1.165, 1.54) is 12.5 Å². The van der Waals surface area contributed by atoms with Gasteiger partial charge in [-0.25, -0.2) is 9.69 Å². The van der Waals surface area contributed by atoms with E-state index >= 15 is 0 Å². The Labute approximate surface area is 70.3 Å². The third kappa shape index (κ3) is 2.80. The number of ether oxygens (including phenoxy) is 1. The highest BCUT2D eigenvalue weighted by Crippen LogP contribution is 1.99. The molecular weight excluding hydrogens is 181 g/mol. The molecule has 0 spiro atoms. The van der Waals surface area contributed by atoms with Crippen molar-refractivity contribution in [1.82, 2.24) is 4.90 Å². The minimum Gasteiger partial charge on any atom is -0.479 e. The van der Waals surface area contributed by atoms with Crippen molar-refractivity contribution in [2.75, 3.05) is 6.73 Å². The van der Waals surface area contributed by atoms with Crippen molar-refractivity contribution in [3.63, 3.8) is 0 Å². The summed E-state index contributed by atoms with van der Waals surface area (Å²) in [5, 5.41) is 8.21. The van der Waals surface area contributed by atoms with E-state index in [0.717, 1.165) is 4.90 Å². The third-order valence-corrected chi connectivity index (χ3v) is 0.796. The van der Waals surface area contributed by atoms with Gasteiger partial charge < -0.3 is 9.84 Å². The first-order valence-corrected chi connectivity index (χ1v) is 2.08. The number of carbonyl (C=O) groups is 1. The number of rotatable bonds is 0. The summed E-state index contributed by atoms with van der Waals surface area (Å²) in [7, 11) is 0. The molecule has 0 saturated carbocycles. The van der Waals surface area contributed by atoms with Crippen LogP contribution in [0.2, 0.25) is 0 Å². The van der Waals surface area contributed by atoms with Crippen molar-refractivity contribution < 1.29 is 14.6 Å². The highest BCUT2D eigenvalue weighted by Gasteiger charge is 2.10. The molecule has 0 fully saturated rings. The second kappa shape index (κ2) is 5.20. The molecule has 1 aliphatic heterocycles. The van der Waals surface area contributed by atoms with Crippen molar-refractivity contribution in [2.24, 2.45) is 0 Å². The lowest BCUT2D eigenvalue weighted by Gasteiger charge is -2.03. The van der Waals surface area contributed by atoms with E-state index in [1.54, 1.807) is 0 Å². The lowest BCUT2D eigenvalue weighted by atomic mass is 10.8. The fraction of sp³-hybridized carbons (Fsp3) is 0.250. The largest absolute Gasteiger partial charge is 0.479 e. The maximum Gasteiger partial charge on any atom is 0.414 e. The zero-order valence-corrected chi connectivity index (χ0v) is 6.52. The SMILES string of the molecule is Cl.Cl.O=C(O)N1C=COC1. The second-order valence-electron chi connectivity index (χ2n) is 1.33. The van der Waals surface area contributed by atoms with Gasteiger partial charge in [-0.15, -0.1) is 24.8 Å². The number of nitrogens with zero attached hydrogens (tertiary/aromatic N) is 1. The second-order valence-corrected chi connectivity index (χ2v) is 1.33. The smallest absolute Gasteiger partial charge is 0.414 e. The Morgan fingerprint density at radius 3 is 2.40 bits per heavy atom. The standard InChI is InChI=1S/C4H5NO3.2ClH/c6-4(7)5-1-2-8-3-5;;/h1-2H,3H2,(H,6,7);2*1H. The summed E-state index contributed by atoms with van der Waals surface area (Å²) >= 11 is 0. The molecule has 0 unspecified atom stereocenters. The summed E-state index contributed by atoms with van der Waals surface area (Å²) in [6.45, 7) is 0.120. The van der Waals surface area contributed by atoms with E-state index in [-0.39, 0.29) is 31.5 Å². The predicted octanol–water partition coefficient (Wildman–Crippen LogP) is 1.27. The van der Waals surface area contributed by atoms with E-state index in [2.05, 4.69) is 4.74 Å². The van der Waals surface area contributed by atoms with Crippen LogP contribution in [0.15, 0.2) is 12.5 Å². The van der Waals surface area contributed by atoms with Crippen LogP contribution in [0.4, 0.5) is 4.79 Å². The molecule has 10 heavy (non-hydrogen) atoms. The average Bonchev–Trinajstić information content (AvgIpc) is 2.12. The first-order chi connectivity index (χ1) is 3.80.